The number of amides is 2. The average Bonchev–Trinajstić information content (AvgIpc) is 3.25. The second-order valence-electron chi connectivity index (χ2n) is 7.58. The van der Waals surface area contributed by atoms with Crippen LogP contribution in [0.4, 0.5) is 10.5 Å². The normalized spacial score (nSPS) is 10.9. The van der Waals surface area contributed by atoms with E-state index >= 15 is 0 Å². The molecule has 0 fully saturated rings. The topological polar surface area (TPSA) is 71.8 Å². The van der Waals surface area contributed by atoms with Gasteiger partial charge in [-0.25, -0.2) is 4.79 Å². The summed E-state index contributed by atoms with van der Waals surface area (Å²) in [4.78, 5) is 13.6. The van der Waals surface area contributed by atoms with Gasteiger partial charge in [0.2, 0.25) is 0 Å². The zero-order valence-electron chi connectivity index (χ0n) is 19.1. The van der Waals surface area contributed by atoms with Gasteiger partial charge in [-0.05, 0) is 66.8 Å². The number of nitrogens with one attached hydrogen (secondary N) is 2. The first kappa shape index (κ1) is 25.4. The molecule has 180 valence electrons. The Morgan fingerprint density at radius 1 is 1.03 bits per heavy atom. The summed E-state index contributed by atoms with van der Waals surface area (Å²) in [6.07, 6.45) is 2.01. The van der Waals surface area contributed by atoms with Crippen LogP contribution in [0.25, 0.3) is 5.69 Å². The molecule has 1 aromatic heterocycles. The first-order chi connectivity index (χ1) is 16.9. The summed E-state index contributed by atoms with van der Waals surface area (Å²) in [5.74, 6) is 1.27. The third-order valence-electron chi connectivity index (χ3n) is 5.22. The van der Waals surface area contributed by atoms with Crippen molar-refractivity contribution in [2.24, 2.45) is 0 Å². The molecule has 4 aromatic rings. The molecule has 0 unspecified atom stereocenters. The number of benzene rings is 3. The number of urea groups is 1. The first-order valence-corrected chi connectivity index (χ1v) is 13.7. The van der Waals surface area contributed by atoms with Crippen LogP contribution < -0.4 is 10.6 Å². The maximum Gasteiger partial charge on any atom is 0.319 e. The Kier molecular flexibility index (Phi) is 8.62. The highest BCUT2D eigenvalue weighted by atomic mass is 35.5. The predicted octanol–water partition coefficient (Wildman–Crippen LogP) is 7.22. The number of aromatic nitrogens is 3. The summed E-state index contributed by atoms with van der Waals surface area (Å²) < 4.78 is 1.86. The molecule has 1 heterocycles. The number of hydrogen-bond donors (Lipinski definition) is 2. The second kappa shape index (κ2) is 11.9. The number of rotatable bonds is 8. The average molecular weight is 545 g/mol. The van der Waals surface area contributed by atoms with Crippen molar-refractivity contribution in [1.82, 2.24) is 20.1 Å². The van der Waals surface area contributed by atoms with Crippen molar-refractivity contribution in [3.63, 3.8) is 0 Å². The lowest BCUT2D eigenvalue weighted by atomic mass is 10.1. The van der Waals surface area contributed by atoms with Crippen molar-refractivity contribution >= 4 is 58.4 Å². The fourth-order valence-electron chi connectivity index (χ4n) is 3.34. The van der Waals surface area contributed by atoms with Crippen molar-refractivity contribution in [3.05, 3.63) is 93.7 Å². The summed E-state index contributed by atoms with van der Waals surface area (Å²) in [7, 11) is 0. The van der Waals surface area contributed by atoms with Gasteiger partial charge in [-0.3, -0.25) is 4.57 Å². The number of halogens is 2. The van der Waals surface area contributed by atoms with Gasteiger partial charge < -0.3 is 10.6 Å². The molecule has 2 N–H and O–H groups in total. The Labute approximate surface area is 222 Å². The molecule has 0 aliphatic carbocycles. The van der Waals surface area contributed by atoms with Crippen LogP contribution in [0.1, 0.15) is 17.0 Å². The van der Waals surface area contributed by atoms with Gasteiger partial charge in [0, 0.05) is 21.4 Å². The van der Waals surface area contributed by atoms with E-state index in [1.54, 1.807) is 35.7 Å². The molecule has 2 amide bonds. The van der Waals surface area contributed by atoms with Crippen LogP contribution >= 0.6 is 46.7 Å². The molecule has 0 aliphatic rings. The lowest BCUT2D eigenvalue weighted by Crippen LogP contribution is -2.29. The zero-order chi connectivity index (χ0) is 24.8. The van der Waals surface area contributed by atoms with Crippen LogP contribution in [-0.2, 0) is 12.3 Å². The minimum absolute atomic E-state index is 0.158. The number of carbonyl (C=O) groups is 1. The number of thioether (sulfide) groups is 2. The minimum atomic E-state index is -0.340. The molecule has 0 atom stereocenters. The van der Waals surface area contributed by atoms with Crippen molar-refractivity contribution in [1.29, 1.82) is 0 Å². The molecule has 0 spiro atoms. The van der Waals surface area contributed by atoms with Crippen LogP contribution in [-0.4, -0.2) is 27.1 Å². The molecule has 0 saturated carbocycles. The summed E-state index contributed by atoms with van der Waals surface area (Å²) >= 11 is 15.8. The minimum Gasteiger partial charge on any atom is -0.331 e. The first-order valence-electron chi connectivity index (χ1n) is 10.7. The van der Waals surface area contributed by atoms with E-state index in [0.717, 1.165) is 10.6 Å². The van der Waals surface area contributed by atoms with E-state index in [1.165, 1.54) is 11.1 Å². The summed E-state index contributed by atoms with van der Waals surface area (Å²) in [5, 5.41) is 16.1. The number of hydrogen-bond acceptors (Lipinski definition) is 5. The van der Waals surface area contributed by atoms with Gasteiger partial charge in [0.25, 0.3) is 0 Å². The molecule has 0 saturated heterocycles. The summed E-state index contributed by atoms with van der Waals surface area (Å²) in [5.41, 5.74) is 3.82. The summed E-state index contributed by atoms with van der Waals surface area (Å²) in [6.45, 7) is 2.24. The van der Waals surface area contributed by atoms with Crippen LogP contribution in [0, 0.1) is 6.92 Å². The largest absolute Gasteiger partial charge is 0.331 e. The van der Waals surface area contributed by atoms with Gasteiger partial charge in [-0.15, -0.1) is 22.0 Å². The van der Waals surface area contributed by atoms with E-state index in [-0.39, 0.29) is 12.6 Å². The van der Waals surface area contributed by atoms with Crippen molar-refractivity contribution in [2.75, 3.05) is 11.6 Å². The number of anilines is 1. The van der Waals surface area contributed by atoms with Gasteiger partial charge in [0.15, 0.2) is 11.0 Å². The maximum atomic E-state index is 12.5. The van der Waals surface area contributed by atoms with Crippen molar-refractivity contribution < 1.29 is 4.79 Å². The van der Waals surface area contributed by atoms with Crippen LogP contribution in [0.3, 0.4) is 0 Å². The molecule has 0 radical (unpaired) electrons. The maximum absolute atomic E-state index is 12.5. The lowest BCUT2D eigenvalue weighted by molar-refractivity contribution is 0.251. The van der Waals surface area contributed by atoms with E-state index in [1.807, 2.05) is 53.3 Å². The molecule has 35 heavy (non-hydrogen) atoms. The van der Waals surface area contributed by atoms with Crippen LogP contribution in [0.2, 0.25) is 10.0 Å². The van der Waals surface area contributed by atoms with E-state index in [9.17, 15) is 4.79 Å². The van der Waals surface area contributed by atoms with Crippen LogP contribution in [0.15, 0.2) is 76.8 Å². The van der Waals surface area contributed by atoms with Gasteiger partial charge in [-0.2, -0.15) is 0 Å². The Balaban J connectivity index is 1.53. The highest BCUT2D eigenvalue weighted by Crippen LogP contribution is 2.31. The van der Waals surface area contributed by atoms with E-state index < -0.39 is 0 Å². The highest BCUT2D eigenvalue weighted by molar-refractivity contribution is 7.98. The monoisotopic (exact) mass is 543 g/mol. The summed E-state index contributed by atoms with van der Waals surface area (Å²) in [6, 6.07) is 20.8. The predicted molar refractivity (Wildman–Crippen MR) is 146 cm³/mol. The molecular weight excluding hydrogens is 521 g/mol. The lowest BCUT2D eigenvalue weighted by Gasteiger charge is -2.13. The van der Waals surface area contributed by atoms with Gasteiger partial charge >= 0.3 is 6.03 Å². The zero-order valence-corrected chi connectivity index (χ0v) is 22.2. The fourth-order valence-corrected chi connectivity index (χ4v) is 5.28. The van der Waals surface area contributed by atoms with E-state index in [0.29, 0.717) is 32.4 Å². The number of aryl methyl sites for hydroxylation is 1. The van der Waals surface area contributed by atoms with E-state index in [4.69, 9.17) is 23.2 Å². The molecule has 3 aromatic carbocycles. The Bertz CT molecular complexity index is 1330. The number of carbonyl (C=O) groups excluding carboxylic acids is 1. The number of nitrogens with zero attached hydrogens (tertiary/aromatic N) is 3. The standard InChI is InChI=1S/C25H23Cl2N5OS2/c1-16-5-3-4-6-17(16)15-35-25-31-30-23(32(25)22-12-7-18(26)13-21(22)27)14-28-24(33)29-19-8-10-20(34-2)11-9-19/h3-13H,14-15H2,1-2H3,(H2,28,29,33). The molecule has 6 nitrogen and oxygen atoms in total. The second-order valence-corrected chi connectivity index (χ2v) is 10.2. The van der Waals surface area contributed by atoms with Gasteiger partial charge in [0.05, 0.1) is 17.3 Å². The third-order valence-corrected chi connectivity index (χ3v) is 7.48. The molecule has 10 heteroatoms. The Morgan fingerprint density at radius 2 is 1.80 bits per heavy atom. The molecule has 0 bridgehead atoms. The highest BCUT2D eigenvalue weighted by Gasteiger charge is 2.18. The van der Waals surface area contributed by atoms with Crippen molar-refractivity contribution in [3.8, 4) is 5.69 Å². The van der Waals surface area contributed by atoms with Gasteiger partial charge in [-0.1, -0.05) is 59.2 Å². The SMILES string of the molecule is CSc1ccc(NC(=O)NCc2nnc(SCc3ccccc3C)n2-c2ccc(Cl)cc2Cl)cc1. The Hall–Kier alpha value is -2.65. The molecule has 4 rings (SSSR count). The third kappa shape index (κ3) is 6.52. The quantitative estimate of drug-likeness (QED) is 0.229. The van der Waals surface area contributed by atoms with Gasteiger partial charge in [0.1, 0.15) is 0 Å². The van der Waals surface area contributed by atoms with Crippen LogP contribution in [0.5, 0.6) is 0 Å². The van der Waals surface area contributed by atoms with E-state index in [2.05, 4.69) is 39.9 Å². The smallest absolute Gasteiger partial charge is 0.319 e. The molecular formula is C25H23Cl2N5OS2. The molecule has 0 aliphatic heterocycles. The van der Waals surface area contributed by atoms with Crippen molar-refractivity contribution in [2.45, 2.75) is 29.3 Å². The Morgan fingerprint density at radius 3 is 2.51 bits per heavy atom. The fraction of sp³-hybridized carbons (Fsp3) is 0.160.